The van der Waals surface area contributed by atoms with E-state index in [0.717, 1.165) is 12.2 Å². The molecule has 0 aromatic heterocycles. The fraction of sp³-hybridized carbons (Fsp3) is 0.600. The van der Waals surface area contributed by atoms with Crippen molar-refractivity contribution in [1.29, 1.82) is 0 Å². The molecule has 134 valence electrons. The van der Waals surface area contributed by atoms with Crippen molar-refractivity contribution in [3.8, 4) is 35.5 Å². The van der Waals surface area contributed by atoms with E-state index in [0.29, 0.717) is 13.2 Å². The van der Waals surface area contributed by atoms with Crippen molar-refractivity contribution in [2.75, 3.05) is 19.8 Å². The van der Waals surface area contributed by atoms with Crippen LogP contribution in [0.25, 0.3) is 0 Å². The Kier molecular flexibility index (Phi) is 6.54. The van der Waals surface area contributed by atoms with E-state index < -0.39 is 11.6 Å². The number of allylic oxidation sites excluding steroid dienone is 1. The molecule has 2 saturated heterocycles. The minimum absolute atomic E-state index is 0.139. The van der Waals surface area contributed by atoms with Crippen molar-refractivity contribution in [1.82, 2.24) is 5.32 Å². The normalized spacial score (nSPS) is 26.5. The summed E-state index contributed by atoms with van der Waals surface area (Å²) in [6.45, 7) is 11.3. The molecule has 0 amide bonds. The SMILES string of the molecule is CCN/C(=C\C#CC#CC#C[C@@H]1COC(C)(C)O1)[C@H]1COC(C)(C)O1. The van der Waals surface area contributed by atoms with Gasteiger partial charge in [-0.25, -0.2) is 0 Å². The third-order valence-corrected chi connectivity index (χ3v) is 3.47. The van der Waals surface area contributed by atoms with E-state index in [1.807, 2.05) is 34.6 Å². The molecule has 5 nitrogen and oxygen atoms in total. The second-order valence-corrected chi connectivity index (χ2v) is 6.55. The van der Waals surface area contributed by atoms with Crippen molar-refractivity contribution >= 4 is 0 Å². The standard InChI is InChI=1S/C20H25NO4/c1-6-21-17(18-15-23-20(4,5)25-18)13-11-9-7-8-10-12-16-14-22-19(2,3)24-16/h13,16,18,21H,6,14-15H2,1-5H3/b17-13-/t16-,18-/m1/s1. The largest absolute Gasteiger partial charge is 0.386 e. The van der Waals surface area contributed by atoms with Gasteiger partial charge in [-0.05, 0) is 58.3 Å². The predicted molar refractivity (Wildman–Crippen MR) is 94.9 cm³/mol. The lowest BCUT2D eigenvalue weighted by Gasteiger charge is -2.18. The molecule has 0 radical (unpaired) electrons. The maximum absolute atomic E-state index is 5.83. The van der Waals surface area contributed by atoms with E-state index >= 15 is 0 Å². The van der Waals surface area contributed by atoms with Crippen LogP contribution in [0.15, 0.2) is 11.8 Å². The topological polar surface area (TPSA) is 49.0 Å². The number of ether oxygens (including phenoxy) is 4. The first kappa shape index (κ1) is 19.4. The third-order valence-electron chi connectivity index (χ3n) is 3.47. The Labute approximate surface area is 150 Å². The molecule has 0 spiro atoms. The molecule has 2 rings (SSSR count). The van der Waals surface area contributed by atoms with E-state index in [2.05, 4.69) is 40.8 Å². The third kappa shape index (κ3) is 6.46. The Hall–Kier alpha value is -1.94. The van der Waals surface area contributed by atoms with Crippen molar-refractivity contribution in [3.63, 3.8) is 0 Å². The maximum atomic E-state index is 5.83. The van der Waals surface area contributed by atoms with Crippen LogP contribution < -0.4 is 5.32 Å². The van der Waals surface area contributed by atoms with E-state index in [-0.39, 0.29) is 12.2 Å². The molecule has 0 unspecified atom stereocenters. The van der Waals surface area contributed by atoms with Crippen LogP contribution in [0.1, 0.15) is 34.6 Å². The summed E-state index contributed by atoms with van der Waals surface area (Å²) in [6, 6.07) is 0. The Morgan fingerprint density at radius 2 is 1.68 bits per heavy atom. The van der Waals surface area contributed by atoms with Gasteiger partial charge < -0.3 is 24.3 Å². The number of hydrogen-bond donors (Lipinski definition) is 1. The summed E-state index contributed by atoms with van der Waals surface area (Å²) in [4.78, 5) is 0. The lowest BCUT2D eigenvalue weighted by molar-refractivity contribution is -0.134. The van der Waals surface area contributed by atoms with Gasteiger partial charge in [0, 0.05) is 12.6 Å². The lowest BCUT2D eigenvalue weighted by atomic mass is 10.2. The van der Waals surface area contributed by atoms with Gasteiger partial charge in [-0.2, -0.15) is 0 Å². The molecule has 2 aliphatic rings. The van der Waals surface area contributed by atoms with Gasteiger partial charge in [-0.1, -0.05) is 11.8 Å². The first-order valence-electron chi connectivity index (χ1n) is 8.40. The van der Waals surface area contributed by atoms with E-state index in [9.17, 15) is 0 Å². The molecule has 0 saturated carbocycles. The Balaban J connectivity index is 1.91. The smallest absolute Gasteiger partial charge is 0.164 e. The summed E-state index contributed by atoms with van der Waals surface area (Å²) in [5.41, 5.74) is 0.896. The minimum atomic E-state index is -0.569. The average Bonchev–Trinajstić information content (AvgIpc) is 3.06. The monoisotopic (exact) mass is 343 g/mol. The number of likely N-dealkylation sites (N-methyl/N-ethyl adjacent to an activating group) is 1. The van der Waals surface area contributed by atoms with Crippen molar-refractivity contribution in [2.45, 2.75) is 58.4 Å². The van der Waals surface area contributed by atoms with Crippen molar-refractivity contribution in [3.05, 3.63) is 11.8 Å². The fourth-order valence-corrected chi connectivity index (χ4v) is 2.39. The first-order valence-corrected chi connectivity index (χ1v) is 8.40. The van der Waals surface area contributed by atoms with Crippen LogP contribution in [-0.2, 0) is 18.9 Å². The number of hydrogen-bond acceptors (Lipinski definition) is 5. The van der Waals surface area contributed by atoms with E-state index in [4.69, 9.17) is 18.9 Å². The van der Waals surface area contributed by atoms with Crippen LogP contribution in [0.3, 0.4) is 0 Å². The van der Waals surface area contributed by atoms with Crippen LogP contribution in [0.5, 0.6) is 0 Å². The van der Waals surface area contributed by atoms with Crippen LogP contribution in [0, 0.1) is 35.5 Å². The fourth-order valence-electron chi connectivity index (χ4n) is 2.39. The zero-order valence-corrected chi connectivity index (χ0v) is 15.5. The summed E-state index contributed by atoms with van der Waals surface area (Å²) in [6.07, 6.45) is 1.40. The molecule has 0 aromatic rings. The molecule has 2 heterocycles. The zero-order chi connectivity index (χ0) is 18.3. The predicted octanol–water partition coefficient (Wildman–Crippen LogP) is 1.79. The quantitative estimate of drug-likeness (QED) is 0.792. The van der Waals surface area contributed by atoms with Crippen LogP contribution in [0.2, 0.25) is 0 Å². The van der Waals surface area contributed by atoms with E-state index in [1.165, 1.54) is 0 Å². The lowest BCUT2D eigenvalue weighted by Crippen LogP contribution is -2.28. The number of rotatable bonds is 3. The second kappa shape index (κ2) is 8.43. The van der Waals surface area contributed by atoms with Gasteiger partial charge in [0.15, 0.2) is 11.6 Å². The van der Waals surface area contributed by atoms with Crippen LogP contribution in [0.4, 0.5) is 0 Å². The highest BCUT2D eigenvalue weighted by molar-refractivity contribution is 5.39. The molecule has 2 fully saturated rings. The molecule has 0 bridgehead atoms. The average molecular weight is 343 g/mol. The van der Waals surface area contributed by atoms with Gasteiger partial charge in [0.2, 0.25) is 0 Å². The molecule has 25 heavy (non-hydrogen) atoms. The Morgan fingerprint density at radius 1 is 1.00 bits per heavy atom. The van der Waals surface area contributed by atoms with Crippen LogP contribution >= 0.6 is 0 Å². The highest BCUT2D eigenvalue weighted by Gasteiger charge is 2.34. The van der Waals surface area contributed by atoms with E-state index in [1.54, 1.807) is 6.08 Å². The molecular weight excluding hydrogens is 318 g/mol. The van der Waals surface area contributed by atoms with Crippen LogP contribution in [-0.4, -0.2) is 43.5 Å². The highest BCUT2D eigenvalue weighted by Crippen LogP contribution is 2.25. The Morgan fingerprint density at radius 3 is 2.28 bits per heavy atom. The molecule has 5 heteroatoms. The van der Waals surface area contributed by atoms with Gasteiger partial charge in [0.1, 0.15) is 12.2 Å². The molecule has 2 aliphatic heterocycles. The molecule has 1 N–H and O–H groups in total. The molecular formula is C20H25NO4. The summed E-state index contributed by atoms with van der Waals surface area (Å²) >= 11 is 0. The van der Waals surface area contributed by atoms with Gasteiger partial charge in [-0.3, -0.25) is 0 Å². The summed E-state index contributed by atoms with van der Waals surface area (Å²) in [7, 11) is 0. The highest BCUT2D eigenvalue weighted by atomic mass is 16.7. The van der Waals surface area contributed by atoms with Gasteiger partial charge in [0.25, 0.3) is 0 Å². The first-order chi connectivity index (χ1) is 11.8. The molecule has 0 aromatic carbocycles. The molecule has 2 atom stereocenters. The second-order valence-electron chi connectivity index (χ2n) is 6.55. The van der Waals surface area contributed by atoms with Gasteiger partial charge in [-0.15, -0.1) is 0 Å². The zero-order valence-electron chi connectivity index (χ0n) is 15.5. The van der Waals surface area contributed by atoms with Crippen molar-refractivity contribution < 1.29 is 18.9 Å². The summed E-state index contributed by atoms with van der Waals surface area (Å²) in [5, 5.41) is 3.26. The minimum Gasteiger partial charge on any atom is -0.386 e. The van der Waals surface area contributed by atoms with Crippen molar-refractivity contribution in [2.24, 2.45) is 0 Å². The maximum Gasteiger partial charge on any atom is 0.164 e. The summed E-state index contributed by atoms with van der Waals surface area (Å²) < 4.78 is 22.4. The summed E-state index contributed by atoms with van der Waals surface area (Å²) in [5.74, 6) is 15.6. The Bertz CT molecular complexity index is 688. The van der Waals surface area contributed by atoms with Gasteiger partial charge in [0.05, 0.1) is 18.9 Å². The molecule has 0 aliphatic carbocycles. The van der Waals surface area contributed by atoms with Gasteiger partial charge >= 0.3 is 0 Å². The number of nitrogens with one attached hydrogen (secondary N) is 1.